The minimum atomic E-state index is 0.982. The molecule has 1 rings (SSSR count). The van der Waals surface area contributed by atoms with Gasteiger partial charge in [0, 0.05) is 19.6 Å². The monoisotopic (exact) mass is 220 g/mol. The summed E-state index contributed by atoms with van der Waals surface area (Å²) in [5, 5.41) is 3.51. The van der Waals surface area contributed by atoms with Crippen LogP contribution in [-0.2, 0) is 6.54 Å². The minimum absolute atomic E-state index is 0.982. The van der Waals surface area contributed by atoms with Crippen molar-refractivity contribution >= 4 is 0 Å². The highest BCUT2D eigenvalue weighted by molar-refractivity contribution is 5.33. The van der Waals surface area contributed by atoms with Crippen molar-refractivity contribution in [2.45, 2.75) is 27.3 Å². The molecule has 0 bridgehead atoms. The Kier molecular flexibility index (Phi) is 5.50. The molecule has 0 radical (unpaired) electrons. The van der Waals surface area contributed by atoms with Crippen LogP contribution in [0.4, 0.5) is 0 Å². The van der Waals surface area contributed by atoms with Crippen molar-refractivity contribution in [1.29, 1.82) is 0 Å². The molecule has 1 N–H and O–H groups in total. The topological polar surface area (TPSA) is 15.3 Å². The standard InChI is InChI=1S/C14H24N2/c1-5-16(4)10-9-15-11-14-12(2)7-6-8-13(14)3/h6-8,15H,5,9-11H2,1-4H3. The first-order valence-electron chi connectivity index (χ1n) is 6.09. The van der Waals surface area contributed by atoms with E-state index in [9.17, 15) is 0 Å². The lowest BCUT2D eigenvalue weighted by molar-refractivity contribution is 0.349. The molecule has 0 fully saturated rings. The Morgan fingerprint density at radius 3 is 2.38 bits per heavy atom. The van der Waals surface area contributed by atoms with Crippen molar-refractivity contribution in [3.05, 3.63) is 34.9 Å². The summed E-state index contributed by atoms with van der Waals surface area (Å²) in [5.41, 5.74) is 4.22. The average molecular weight is 220 g/mol. The Hall–Kier alpha value is -0.860. The number of rotatable bonds is 6. The van der Waals surface area contributed by atoms with Crippen LogP contribution in [0.25, 0.3) is 0 Å². The molecule has 1 aromatic rings. The van der Waals surface area contributed by atoms with Gasteiger partial charge in [-0.2, -0.15) is 0 Å². The molecule has 1 aromatic carbocycles. The van der Waals surface area contributed by atoms with E-state index < -0.39 is 0 Å². The fraction of sp³-hybridized carbons (Fsp3) is 0.571. The van der Waals surface area contributed by atoms with Crippen molar-refractivity contribution in [3.63, 3.8) is 0 Å². The molecule has 0 spiro atoms. The van der Waals surface area contributed by atoms with E-state index in [1.165, 1.54) is 16.7 Å². The van der Waals surface area contributed by atoms with E-state index >= 15 is 0 Å². The molecule has 2 heteroatoms. The van der Waals surface area contributed by atoms with Crippen molar-refractivity contribution < 1.29 is 0 Å². The third-order valence-corrected chi connectivity index (χ3v) is 3.16. The van der Waals surface area contributed by atoms with Gasteiger partial charge in [-0.1, -0.05) is 25.1 Å². The molecule has 0 aromatic heterocycles. The molecule has 0 atom stereocenters. The van der Waals surface area contributed by atoms with Crippen LogP contribution in [0, 0.1) is 13.8 Å². The van der Waals surface area contributed by atoms with Crippen molar-refractivity contribution in [2.24, 2.45) is 0 Å². The zero-order valence-electron chi connectivity index (χ0n) is 11.0. The van der Waals surface area contributed by atoms with Gasteiger partial charge in [0.05, 0.1) is 0 Å². The molecular formula is C14H24N2. The predicted octanol–water partition coefficient (Wildman–Crippen LogP) is 2.34. The van der Waals surface area contributed by atoms with E-state index in [0.717, 1.165) is 26.2 Å². The molecule has 0 unspecified atom stereocenters. The smallest absolute Gasteiger partial charge is 0.0211 e. The Labute approximate surface area is 99.7 Å². The Morgan fingerprint density at radius 2 is 1.81 bits per heavy atom. The first-order valence-corrected chi connectivity index (χ1v) is 6.09. The number of nitrogens with zero attached hydrogens (tertiary/aromatic N) is 1. The molecule has 0 amide bonds. The van der Waals surface area contributed by atoms with Crippen molar-refractivity contribution in [2.75, 3.05) is 26.7 Å². The Morgan fingerprint density at radius 1 is 1.19 bits per heavy atom. The van der Waals surface area contributed by atoms with Crippen LogP contribution in [0.2, 0.25) is 0 Å². The third-order valence-electron chi connectivity index (χ3n) is 3.16. The zero-order chi connectivity index (χ0) is 12.0. The number of likely N-dealkylation sites (N-methyl/N-ethyl adjacent to an activating group) is 1. The first kappa shape index (κ1) is 13.2. The molecule has 0 saturated heterocycles. The molecule has 0 aliphatic rings. The number of hydrogen-bond donors (Lipinski definition) is 1. The van der Waals surface area contributed by atoms with Gasteiger partial charge < -0.3 is 10.2 Å². The minimum Gasteiger partial charge on any atom is -0.311 e. The second kappa shape index (κ2) is 6.66. The van der Waals surface area contributed by atoms with Gasteiger partial charge >= 0.3 is 0 Å². The number of aryl methyl sites for hydroxylation is 2. The Balaban J connectivity index is 2.37. The number of benzene rings is 1. The summed E-state index contributed by atoms with van der Waals surface area (Å²) in [6.45, 7) is 10.8. The van der Waals surface area contributed by atoms with Crippen LogP contribution in [0.3, 0.4) is 0 Å². The molecule has 0 aliphatic heterocycles. The fourth-order valence-corrected chi connectivity index (χ4v) is 1.77. The summed E-state index contributed by atoms with van der Waals surface area (Å²) >= 11 is 0. The molecule has 0 aliphatic carbocycles. The van der Waals surface area contributed by atoms with Gasteiger partial charge in [0.2, 0.25) is 0 Å². The van der Waals surface area contributed by atoms with E-state index in [-0.39, 0.29) is 0 Å². The normalized spacial score (nSPS) is 11.1. The molecule has 90 valence electrons. The molecular weight excluding hydrogens is 196 g/mol. The maximum atomic E-state index is 3.51. The SMILES string of the molecule is CCN(C)CCNCc1c(C)cccc1C. The van der Waals surface area contributed by atoms with E-state index in [1.807, 2.05) is 0 Å². The highest BCUT2D eigenvalue weighted by Crippen LogP contribution is 2.12. The lowest BCUT2D eigenvalue weighted by Crippen LogP contribution is -2.29. The summed E-state index contributed by atoms with van der Waals surface area (Å²) < 4.78 is 0. The van der Waals surface area contributed by atoms with Crippen LogP contribution < -0.4 is 5.32 Å². The second-order valence-electron chi connectivity index (χ2n) is 4.44. The van der Waals surface area contributed by atoms with E-state index in [0.29, 0.717) is 0 Å². The highest BCUT2D eigenvalue weighted by Gasteiger charge is 2.01. The van der Waals surface area contributed by atoms with E-state index in [1.54, 1.807) is 0 Å². The number of hydrogen-bond acceptors (Lipinski definition) is 2. The van der Waals surface area contributed by atoms with Gasteiger partial charge in [-0.15, -0.1) is 0 Å². The van der Waals surface area contributed by atoms with E-state index in [4.69, 9.17) is 0 Å². The van der Waals surface area contributed by atoms with Crippen LogP contribution in [0.5, 0.6) is 0 Å². The lowest BCUT2D eigenvalue weighted by Gasteiger charge is -2.15. The summed E-state index contributed by atoms with van der Waals surface area (Å²) in [4.78, 5) is 2.32. The fourth-order valence-electron chi connectivity index (χ4n) is 1.77. The lowest BCUT2D eigenvalue weighted by atomic mass is 10.0. The van der Waals surface area contributed by atoms with Crippen molar-refractivity contribution in [1.82, 2.24) is 10.2 Å². The largest absolute Gasteiger partial charge is 0.311 e. The van der Waals surface area contributed by atoms with E-state index in [2.05, 4.69) is 56.2 Å². The third kappa shape index (κ3) is 3.95. The highest BCUT2D eigenvalue weighted by atomic mass is 15.1. The number of nitrogens with one attached hydrogen (secondary N) is 1. The Bertz CT molecular complexity index is 300. The van der Waals surface area contributed by atoms with Crippen molar-refractivity contribution in [3.8, 4) is 0 Å². The first-order chi connectivity index (χ1) is 7.65. The van der Waals surface area contributed by atoms with Gasteiger partial charge in [-0.05, 0) is 44.1 Å². The maximum Gasteiger partial charge on any atom is 0.0211 e. The second-order valence-corrected chi connectivity index (χ2v) is 4.44. The maximum absolute atomic E-state index is 3.51. The molecule has 16 heavy (non-hydrogen) atoms. The molecule has 2 nitrogen and oxygen atoms in total. The summed E-state index contributed by atoms with van der Waals surface area (Å²) in [7, 11) is 2.15. The van der Waals surface area contributed by atoms with Gasteiger partial charge in [-0.3, -0.25) is 0 Å². The van der Waals surface area contributed by atoms with Crippen LogP contribution in [0.1, 0.15) is 23.6 Å². The van der Waals surface area contributed by atoms with Crippen LogP contribution in [-0.4, -0.2) is 31.6 Å². The summed E-state index contributed by atoms with van der Waals surface area (Å²) in [5.74, 6) is 0. The van der Waals surface area contributed by atoms with Gasteiger partial charge in [0.1, 0.15) is 0 Å². The predicted molar refractivity (Wildman–Crippen MR) is 70.8 cm³/mol. The zero-order valence-corrected chi connectivity index (χ0v) is 11.0. The van der Waals surface area contributed by atoms with Gasteiger partial charge in [-0.25, -0.2) is 0 Å². The van der Waals surface area contributed by atoms with Crippen LogP contribution >= 0.6 is 0 Å². The average Bonchev–Trinajstić information content (AvgIpc) is 2.27. The summed E-state index contributed by atoms with van der Waals surface area (Å²) in [6, 6.07) is 6.49. The van der Waals surface area contributed by atoms with Gasteiger partial charge in [0.25, 0.3) is 0 Å². The van der Waals surface area contributed by atoms with Crippen LogP contribution in [0.15, 0.2) is 18.2 Å². The van der Waals surface area contributed by atoms with Gasteiger partial charge in [0.15, 0.2) is 0 Å². The molecule has 0 heterocycles. The molecule has 0 saturated carbocycles. The quantitative estimate of drug-likeness (QED) is 0.740. The summed E-state index contributed by atoms with van der Waals surface area (Å²) in [6.07, 6.45) is 0.